The van der Waals surface area contributed by atoms with Gasteiger partial charge in [0.05, 0.1) is 32.9 Å². The molecule has 1 saturated heterocycles. The van der Waals surface area contributed by atoms with E-state index in [1.165, 1.54) is 0 Å². The number of methoxy groups -OCH3 is 2. The van der Waals surface area contributed by atoms with Gasteiger partial charge in [0.2, 0.25) is 12.0 Å². The van der Waals surface area contributed by atoms with Crippen LogP contribution in [0.25, 0.3) is 22.0 Å². The molecule has 0 unspecified atom stereocenters. The largest absolute Gasteiger partial charge is 0.493 e. The second kappa shape index (κ2) is 13.6. The summed E-state index contributed by atoms with van der Waals surface area (Å²) >= 11 is 0. The number of carboxylic acid groups (broad SMARTS) is 1. The zero-order valence-electron chi connectivity index (χ0n) is 27.4. The molecule has 16 heteroatoms. The maximum absolute atomic E-state index is 12.2. The van der Waals surface area contributed by atoms with E-state index in [1.54, 1.807) is 26.4 Å². The first-order chi connectivity index (χ1) is 24.5. The third kappa shape index (κ3) is 6.05. The molecule has 270 valence electrons. The minimum atomic E-state index is -1.87. The molecular formula is C35H37N3O13. The van der Waals surface area contributed by atoms with Crippen LogP contribution in [0.1, 0.15) is 29.6 Å². The van der Waals surface area contributed by atoms with Crippen LogP contribution in [0.4, 0.5) is 0 Å². The van der Waals surface area contributed by atoms with E-state index in [2.05, 4.69) is 4.98 Å². The summed E-state index contributed by atoms with van der Waals surface area (Å²) in [6, 6.07) is 14.8. The molecule has 0 bridgehead atoms. The molecule has 3 aliphatic heterocycles. The number of H-pyrrole nitrogens is 1. The summed E-state index contributed by atoms with van der Waals surface area (Å²) in [6.07, 6.45) is -11.6. The van der Waals surface area contributed by atoms with E-state index in [1.807, 2.05) is 42.6 Å². The molecule has 3 aromatic carbocycles. The van der Waals surface area contributed by atoms with Gasteiger partial charge in [-0.15, -0.1) is 0 Å². The highest BCUT2D eigenvalue weighted by molar-refractivity contribution is 5.97. The molecule has 0 spiro atoms. The highest BCUT2D eigenvalue weighted by Crippen LogP contribution is 2.58. The van der Waals surface area contributed by atoms with E-state index in [0.717, 1.165) is 27.6 Å². The van der Waals surface area contributed by atoms with Gasteiger partial charge in [0, 0.05) is 39.9 Å². The van der Waals surface area contributed by atoms with E-state index in [0.29, 0.717) is 28.6 Å². The van der Waals surface area contributed by atoms with Crippen LogP contribution in [0.2, 0.25) is 0 Å². The number of benzene rings is 3. The molecule has 16 nitrogen and oxygen atoms in total. The highest BCUT2D eigenvalue weighted by Gasteiger charge is 2.51. The molecule has 0 saturated carbocycles. The number of carboxylic acids is 1. The van der Waals surface area contributed by atoms with Gasteiger partial charge in [-0.2, -0.15) is 0 Å². The first-order valence-electron chi connectivity index (χ1n) is 16.1. The van der Waals surface area contributed by atoms with Gasteiger partial charge in [0.25, 0.3) is 0 Å². The van der Waals surface area contributed by atoms with Crippen molar-refractivity contribution in [1.29, 1.82) is 0 Å². The predicted octanol–water partition coefficient (Wildman–Crippen LogP) is 1.28. The lowest BCUT2D eigenvalue weighted by Crippen LogP contribution is -2.66. The number of aliphatic carboxylic acids is 1. The van der Waals surface area contributed by atoms with Crippen LogP contribution in [0.3, 0.4) is 0 Å². The number of hydrogen-bond acceptors (Lipinski definition) is 14. The maximum atomic E-state index is 12.2. The Morgan fingerprint density at radius 1 is 1.00 bits per heavy atom. The number of nitrogens with two attached hydrogens (primary N) is 2. The monoisotopic (exact) mass is 707 g/mol. The number of carbonyl (C=O) groups is 2. The van der Waals surface area contributed by atoms with Gasteiger partial charge in [-0.05, 0) is 23.8 Å². The fourth-order valence-electron chi connectivity index (χ4n) is 6.97. The first-order valence-corrected chi connectivity index (χ1v) is 16.1. The van der Waals surface area contributed by atoms with Crippen LogP contribution in [-0.2, 0) is 19.1 Å². The number of aliphatic hydroxyl groups is 3. The van der Waals surface area contributed by atoms with Gasteiger partial charge in [-0.3, -0.25) is 9.59 Å². The molecule has 9 N–H and O–H groups in total. The maximum Gasteiger partial charge on any atom is 0.317 e. The summed E-state index contributed by atoms with van der Waals surface area (Å²) in [6.45, 7) is 0.240. The van der Waals surface area contributed by atoms with Gasteiger partial charge in [0.15, 0.2) is 17.6 Å². The number of aromatic nitrogens is 1. The van der Waals surface area contributed by atoms with E-state index in [9.17, 15) is 24.9 Å². The SMILES string of the molecule is COc1ccc2c(c1OC)O[C@H]1c3c(cc(O[C@@H]4O[C@H]([C@H](OC(=O)CC(=O)O)C(N)N)[C@@H](O)[C@H](O)[C@H]4O)cc3-c3c[nH]c4ccccc34)OC[C@@H]21. The molecule has 8 atom stereocenters. The van der Waals surface area contributed by atoms with Gasteiger partial charge in [0.1, 0.15) is 48.4 Å². The number of aliphatic hydroxyl groups excluding tert-OH is 3. The number of ether oxygens (including phenoxy) is 7. The number of hydrogen-bond donors (Lipinski definition) is 7. The normalized spacial score (nSPS) is 25.5. The first kappa shape index (κ1) is 34.4. The number of para-hydroxylation sites is 1. The van der Waals surface area contributed by atoms with Crippen molar-refractivity contribution in [2.45, 2.75) is 61.4 Å². The average molecular weight is 708 g/mol. The lowest BCUT2D eigenvalue weighted by Gasteiger charge is -2.43. The lowest BCUT2D eigenvalue weighted by atomic mass is 9.85. The number of esters is 1. The fourth-order valence-corrected chi connectivity index (χ4v) is 6.97. The van der Waals surface area contributed by atoms with Crippen molar-refractivity contribution < 1.29 is 63.2 Å². The van der Waals surface area contributed by atoms with Crippen molar-refractivity contribution in [2.24, 2.45) is 11.5 Å². The molecule has 3 aliphatic rings. The molecule has 51 heavy (non-hydrogen) atoms. The summed E-state index contributed by atoms with van der Waals surface area (Å²) in [4.78, 5) is 26.5. The van der Waals surface area contributed by atoms with Gasteiger partial charge >= 0.3 is 11.9 Å². The second-order valence-corrected chi connectivity index (χ2v) is 12.5. The lowest BCUT2D eigenvalue weighted by molar-refractivity contribution is -0.291. The number of aromatic amines is 1. The number of fused-ring (bicyclic) bond motifs is 6. The summed E-state index contributed by atoms with van der Waals surface area (Å²) in [5.74, 6) is -0.797. The van der Waals surface area contributed by atoms with E-state index >= 15 is 0 Å². The third-order valence-corrected chi connectivity index (χ3v) is 9.36. The Hall–Kier alpha value is -5.10. The average Bonchev–Trinajstić information content (AvgIpc) is 3.71. The van der Waals surface area contributed by atoms with Crippen molar-refractivity contribution in [1.82, 2.24) is 4.98 Å². The molecule has 0 radical (unpaired) electrons. The zero-order valence-corrected chi connectivity index (χ0v) is 27.4. The third-order valence-electron chi connectivity index (χ3n) is 9.36. The van der Waals surface area contributed by atoms with Crippen molar-refractivity contribution >= 4 is 22.8 Å². The molecule has 1 aromatic heterocycles. The Kier molecular flexibility index (Phi) is 9.13. The van der Waals surface area contributed by atoms with Crippen LogP contribution < -0.4 is 35.2 Å². The molecule has 4 aromatic rings. The zero-order chi connectivity index (χ0) is 36.1. The van der Waals surface area contributed by atoms with E-state index in [-0.39, 0.29) is 18.3 Å². The van der Waals surface area contributed by atoms with Gasteiger partial charge in [-0.1, -0.05) is 24.3 Å². The Labute approximate surface area is 290 Å². The van der Waals surface area contributed by atoms with Crippen molar-refractivity contribution in [2.75, 3.05) is 20.8 Å². The van der Waals surface area contributed by atoms with Crippen LogP contribution in [0, 0.1) is 0 Å². The van der Waals surface area contributed by atoms with Crippen LogP contribution >= 0.6 is 0 Å². The van der Waals surface area contributed by atoms with Gasteiger partial charge < -0.3 is 70.0 Å². The van der Waals surface area contributed by atoms with Crippen LogP contribution in [-0.4, -0.2) is 101 Å². The van der Waals surface area contributed by atoms with Crippen molar-refractivity contribution in [3.8, 4) is 39.9 Å². The number of rotatable bonds is 10. The Balaban J connectivity index is 1.27. The minimum absolute atomic E-state index is 0.144. The smallest absolute Gasteiger partial charge is 0.317 e. The fraction of sp³-hybridized carbons (Fsp3) is 0.371. The molecule has 4 heterocycles. The van der Waals surface area contributed by atoms with Crippen molar-refractivity contribution in [3.05, 3.63) is 65.9 Å². The van der Waals surface area contributed by atoms with E-state index < -0.39 is 67.4 Å². The molecule has 7 rings (SSSR count). The standard InChI is InChI=1S/C35H37N3O13/c1-45-21-8-7-16-19-13-47-22-10-14(48-35-28(44)26(42)27(43)32(51-35)33(34(36)37)49-24(41)11-23(39)40)9-17(18-12-38-20-6-4-3-5-15(18)20)25(22)29(19)50-30(16)31(21)46-2/h3-10,12,19,26-29,32-35,38,42-44H,11,13,36-37H2,1-2H3,(H,39,40)/t19-,26-,27-,28+,29+,32-,33-,35+/m0/s1. The summed E-state index contributed by atoms with van der Waals surface area (Å²) in [7, 11) is 3.09. The molecule has 0 amide bonds. The second-order valence-electron chi connectivity index (χ2n) is 12.5. The summed E-state index contributed by atoms with van der Waals surface area (Å²) < 4.78 is 41.3. The van der Waals surface area contributed by atoms with Crippen LogP contribution in [0.5, 0.6) is 28.7 Å². The van der Waals surface area contributed by atoms with Crippen molar-refractivity contribution in [3.63, 3.8) is 0 Å². The van der Waals surface area contributed by atoms with Crippen LogP contribution in [0.15, 0.2) is 54.7 Å². The molecular weight excluding hydrogens is 670 g/mol. The number of carbonyl (C=O) groups excluding carboxylic acids is 1. The minimum Gasteiger partial charge on any atom is -0.493 e. The van der Waals surface area contributed by atoms with Gasteiger partial charge in [-0.25, -0.2) is 0 Å². The Morgan fingerprint density at radius 2 is 1.78 bits per heavy atom. The Morgan fingerprint density at radius 3 is 2.51 bits per heavy atom. The quantitative estimate of drug-likeness (QED) is 0.0697. The summed E-state index contributed by atoms with van der Waals surface area (Å²) in [5, 5.41) is 42.5. The van der Waals surface area contributed by atoms with E-state index in [4.69, 9.17) is 49.7 Å². The Bertz CT molecular complexity index is 1960. The number of nitrogens with one attached hydrogen (secondary N) is 1. The highest BCUT2D eigenvalue weighted by atomic mass is 16.7. The predicted molar refractivity (Wildman–Crippen MR) is 176 cm³/mol. The molecule has 1 fully saturated rings. The topological polar surface area (TPSA) is 247 Å². The summed E-state index contributed by atoms with van der Waals surface area (Å²) in [5.41, 5.74) is 15.6. The molecule has 0 aliphatic carbocycles.